The molecule has 3 aliphatic rings. The summed E-state index contributed by atoms with van der Waals surface area (Å²) in [4.78, 5) is 16.5. The molecule has 0 saturated carbocycles. The molecule has 1 aliphatic carbocycles. The zero-order chi connectivity index (χ0) is 21.9. The zero-order valence-electron chi connectivity index (χ0n) is 18.8. The highest BCUT2D eigenvalue weighted by molar-refractivity contribution is 5.94. The van der Waals surface area contributed by atoms with E-state index in [0.29, 0.717) is 0 Å². The van der Waals surface area contributed by atoms with E-state index in [2.05, 4.69) is 70.5 Å². The van der Waals surface area contributed by atoms with Gasteiger partial charge in [0.2, 0.25) is 5.91 Å². The van der Waals surface area contributed by atoms with Gasteiger partial charge in [0.05, 0.1) is 0 Å². The summed E-state index contributed by atoms with van der Waals surface area (Å²) in [7, 11) is 0. The van der Waals surface area contributed by atoms with E-state index in [4.69, 9.17) is 5.73 Å². The summed E-state index contributed by atoms with van der Waals surface area (Å²) >= 11 is 0. The van der Waals surface area contributed by atoms with Gasteiger partial charge in [-0.15, -0.1) is 0 Å². The van der Waals surface area contributed by atoms with Crippen molar-refractivity contribution in [1.29, 1.82) is 0 Å². The molecule has 5 rings (SSSR count). The van der Waals surface area contributed by atoms with Crippen molar-refractivity contribution in [3.63, 3.8) is 0 Å². The Labute approximate surface area is 191 Å². The van der Waals surface area contributed by atoms with Gasteiger partial charge in [-0.1, -0.05) is 66.3 Å². The Morgan fingerprint density at radius 2 is 1.28 bits per heavy atom. The number of fused-ring (bicyclic) bond motifs is 2. The number of rotatable bonds is 4. The number of likely N-dealkylation sites (tertiary alicyclic amines) is 2. The van der Waals surface area contributed by atoms with Gasteiger partial charge in [0.25, 0.3) is 0 Å². The van der Waals surface area contributed by atoms with Gasteiger partial charge in [0.1, 0.15) is 0 Å². The number of nitrogens with two attached hydrogens (primary N) is 1. The molecule has 166 valence electrons. The third-order valence-electron chi connectivity index (χ3n) is 7.44. The lowest BCUT2D eigenvalue weighted by Gasteiger charge is -2.34. The van der Waals surface area contributed by atoms with Crippen LogP contribution < -0.4 is 5.73 Å². The lowest BCUT2D eigenvalue weighted by Crippen LogP contribution is -2.43. The Kier molecular flexibility index (Phi) is 6.24. The number of nitrogens with zero attached hydrogens (tertiary/aromatic N) is 2. The van der Waals surface area contributed by atoms with E-state index < -0.39 is 0 Å². The summed E-state index contributed by atoms with van der Waals surface area (Å²) in [5, 5.41) is 0. The van der Waals surface area contributed by atoms with Crippen molar-refractivity contribution in [2.75, 3.05) is 39.3 Å². The SMILES string of the molecule is NC(=O)C1CCN(CCN2CCC(=C3c4ccccc4C=Cc4ccccc43)CC2)CC1. The molecule has 2 fully saturated rings. The average molecular weight is 428 g/mol. The minimum absolute atomic E-state index is 0.0789. The summed E-state index contributed by atoms with van der Waals surface area (Å²) in [6, 6.07) is 17.6. The number of hydrogen-bond acceptors (Lipinski definition) is 3. The Morgan fingerprint density at radius 3 is 1.81 bits per heavy atom. The third kappa shape index (κ3) is 4.43. The van der Waals surface area contributed by atoms with Crippen molar-refractivity contribution in [1.82, 2.24) is 9.80 Å². The van der Waals surface area contributed by atoms with Crippen LogP contribution in [-0.2, 0) is 4.79 Å². The summed E-state index contributed by atoms with van der Waals surface area (Å²) in [5.74, 6) is -0.0478. The van der Waals surface area contributed by atoms with Crippen molar-refractivity contribution in [2.45, 2.75) is 25.7 Å². The number of piperidine rings is 2. The van der Waals surface area contributed by atoms with Crippen molar-refractivity contribution in [3.8, 4) is 0 Å². The van der Waals surface area contributed by atoms with Crippen molar-refractivity contribution < 1.29 is 4.79 Å². The first-order valence-corrected chi connectivity index (χ1v) is 12.0. The van der Waals surface area contributed by atoms with E-state index in [1.165, 1.54) is 27.8 Å². The fourth-order valence-corrected chi connectivity index (χ4v) is 5.47. The van der Waals surface area contributed by atoms with Crippen LogP contribution in [-0.4, -0.2) is 55.0 Å². The van der Waals surface area contributed by atoms with Crippen LogP contribution in [0, 0.1) is 5.92 Å². The fraction of sp³-hybridized carbons (Fsp3) is 0.393. The normalized spacial score (nSPS) is 20.0. The maximum Gasteiger partial charge on any atom is 0.220 e. The molecule has 2 aliphatic heterocycles. The highest BCUT2D eigenvalue weighted by Gasteiger charge is 2.25. The maximum absolute atomic E-state index is 11.4. The van der Waals surface area contributed by atoms with Crippen molar-refractivity contribution in [2.24, 2.45) is 11.7 Å². The molecule has 4 heteroatoms. The number of hydrogen-bond donors (Lipinski definition) is 1. The second-order valence-electron chi connectivity index (χ2n) is 9.35. The zero-order valence-corrected chi connectivity index (χ0v) is 18.8. The second kappa shape index (κ2) is 9.43. The van der Waals surface area contributed by atoms with E-state index in [1.807, 2.05) is 0 Å². The smallest absolute Gasteiger partial charge is 0.220 e. The minimum Gasteiger partial charge on any atom is -0.369 e. The topological polar surface area (TPSA) is 49.6 Å². The minimum atomic E-state index is -0.127. The molecule has 0 unspecified atom stereocenters. The summed E-state index contributed by atoms with van der Waals surface area (Å²) < 4.78 is 0. The summed E-state index contributed by atoms with van der Waals surface area (Å²) in [6.07, 6.45) is 8.61. The highest BCUT2D eigenvalue weighted by atomic mass is 16.1. The molecule has 0 bridgehead atoms. The largest absolute Gasteiger partial charge is 0.369 e. The highest BCUT2D eigenvalue weighted by Crippen LogP contribution is 2.38. The first-order chi connectivity index (χ1) is 15.7. The van der Waals surface area contributed by atoms with Crippen LogP contribution in [0.2, 0.25) is 0 Å². The van der Waals surface area contributed by atoms with Crippen LogP contribution in [0.25, 0.3) is 17.7 Å². The number of primary amides is 1. The molecule has 0 aromatic heterocycles. The number of carbonyl (C=O) groups excluding carboxylic acids is 1. The second-order valence-corrected chi connectivity index (χ2v) is 9.35. The van der Waals surface area contributed by atoms with Gasteiger partial charge in [-0.3, -0.25) is 4.79 Å². The van der Waals surface area contributed by atoms with Gasteiger partial charge in [-0.2, -0.15) is 0 Å². The summed E-state index contributed by atoms with van der Waals surface area (Å²) in [5.41, 5.74) is 13.9. The molecule has 2 aromatic carbocycles. The predicted octanol–water partition coefficient (Wildman–Crippen LogP) is 4.27. The van der Waals surface area contributed by atoms with Crippen molar-refractivity contribution >= 4 is 23.6 Å². The fourth-order valence-electron chi connectivity index (χ4n) is 5.47. The lowest BCUT2D eigenvalue weighted by atomic mass is 9.86. The molecule has 2 heterocycles. The van der Waals surface area contributed by atoms with Gasteiger partial charge < -0.3 is 15.5 Å². The molecule has 1 amide bonds. The van der Waals surface area contributed by atoms with Crippen molar-refractivity contribution in [3.05, 3.63) is 76.4 Å². The monoisotopic (exact) mass is 427 g/mol. The molecule has 2 N–H and O–H groups in total. The molecule has 0 atom stereocenters. The number of amides is 1. The van der Waals surface area contributed by atoms with Gasteiger partial charge in [0, 0.05) is 32.1 Å². The standard InChI is InChI=1S/C28H33N3O/c29-28(32)24-13-17-31(18-14-24)20-19-30-15-11-23(12-16-30)27-25-7-3-1-5-21(25)9-10-22-6-2-4-8-26(22)27/h1-10,24H,11-20H2,(H2,29,32). The van der Waals surface area contributed by atoms with Gasteiger partial charge in [-0.25, -0.2) is 0 Å². The number of benzene rings is 2. The molecular formula is C28H33N3O. The molecule has 0 spiro atoms. The van der Waals surface area contributed by atoms with Crippen LogP contribution in [0.4, 0.5) is 0 Å². The van der Waals surface area contributed by atoms with Crippen LogP contribution in [0.15, 0.2) is 54.1 Å². The van der Waals surface area contributed by atoms with Gasteiger partial charge in [-0.05, 0) is 66.6 Å². The Hall–Kier alpha value is -2.69. The van der Waals surface area contributed by atoms with Gasteiger partial charge >= 0.3 is 0 Å². The number of carbonyl (C=O) groups is 1. The summed E-state index contributed by atoms with van der Waals surface area (Å²) in [6.45, 7) is 6.43. The first kappa shape index (κ1) is 21.2. The molecule has 0 radical (unpaired) electrons. The molecule has 2 saturated heterocycles. The quantitative estimate of drug-likeness (QED) is 0.677. The van der Waals surface area contributed by atoms with Gasteiger partial charge in [0.15, 0.2) is 0 Å². The van der Waals surface area contributed by atoms with Crippen LogP contribution in [0.5, 0.6) is 0 Å². The average Bonchev–Trinajstić information content (AvgIpc) is 3.00. The van der Waals surface area contributed by atoms with Crippen LogP contribution >= 0.6 is 0 Å². The molecule has 4 nitrogen and oxygen atoms in total. The lowest BCUT2D eigenvalue weighted by molar-refractivity contribution is -0.123. The molecular weight excluding hydrogens is 394 g/mol. The maximum atomic E-state index is 11.4. The molecule has 32 heavy (non-hydrogen) atoms. The van der Waals surface area contributed by atoms with E-state index in [1.54, 1.807) is 5.57 Å². The van der Waals surface area contributed by atoms with E-state index >= 15 is 0 Å². The Balaban J connectivity index is 1.27. The van der Waals surface area contributed by atoms with E-state index in [9.17, 15) is 4.79 Å². The van der Waals surface area contributed by atoms with E-state index in [0.717, 1.165) is 65.0 Å². The Morgan fingerprint density at radius 1 is 0.781 bits per heavy atom. The first-order valence-electron chi connectivity index (χ1n) is 12.0. The van der Waals surface area contributed by atoms with Crippen LogP contribution in [0.3, 0.4) is 0 Å². The van der Waals surface area contributed by atoms with Crippen LogP contribution in [0.1, 0.15) is 47.9 Å². The Bertz CT molecular complexity index is 985. The molecule has 2 aromatic rings. The van der Waals surface area contributed by atoms with E-state index in [-0.39, 0.29) is 11.8 Å². The predicted molar refractivity (Wildman–Crippen MR) is 132 cm³/mol. The third-order valence-corrected chi connectivity index (χ3v) is 7.44.